The number of rotatable bonds is 1. The molecule has 0 aliphatic rings. The maximum atomic E-state index is 4.46. The molecule has 0 aliphatic carbocycles. The van der Waals surface area contributed by atoms with E-state index in [0.717, 1.165) is 28.4 Å². The van der Waals surface area contributed by atoms with Crippen molar-refractivity contribution in [3.8, 4) is 0 Å². The van der Waals surface area contributed by atoms with Gasteiger partial charge >= 0.3 is 0 Å². The van der Waals surface area contributed by atoms with Gasteiger partial charge in [-0.1, -0.05) is 6.08 Å². The first-order valence-corrected chi connectivity index (χ1v) is 4.95. The Balaban J connectivity index is 2.75. The van der Waals surface area contributed by atoms with Crippen molar-refractivity contribution in [2.75, 3.05) is 0 Å². The highest BCUT2D eigenvalue weighted by atomic mass is 15.3. The Morgan fingerprint density at radius 1 is 1.40 bits per heavy atom. The third-order valence-electron chi connectivity index (χ3n) is 2.50. The first kappa shape index (κ1) is 9.83. The summed E-state index contributed by atoms with van der Waals surface area (Å²) in [5.41, 5.74) is 3.82. The molecule has 2 aromatic heterocycles. The average Bonchev–Trinajstić information content (AvgIpc) is 2.68. The summed E-state index contributed by atoms with van der Waals surface area (Å²) < 4.78 is 1.84. The molecule has 0 amide bonds. The number of allylic oxidation sites excluding steroid dienone is 2. The fourth-order valence-corrected chi connectivity index (χ4v) is 1.39. The van der Waals surface area contributed by atoms with Gasteiger partial charge in [0, 0.05) is 6.20 Å². The molecule has 0 fully saturated rings. The van der Waals surface area contributed by atoms with Gasteiger partial charge < -0.3 is 0 Å². The summed E-state index contributed by atoms with van der Waals surface area (Å²) in [5, 5.41) is 4.44. The molecule has 2 aromatic rings. The average molecular weight is 202 g/mol. The Hall–Kier alpha value is -1.71. The lowest BCUT2D eigenvalue weighted by atomic mass is 10.3. The quantitative estimate of drug-likeness (QED) is 0.711. The van der Waals surface area contributed by atoms with E-state index in [4.69, 9.17) is 0 Å². The van der Waals surface area contributed by atoms with Crippen LogP contribution in [0.3, 0.4) is 0 Å². The molecule has 4 heteroatoms. The van der Waals surface area contributed by atoms with Crippen LogP contribution in [0.4, 0.5) is 0 Å². The van der Waals surface area contributed by atoms with Crippen LogP contribution in [0.25, 0.3) is 11.2 Å². The van der Waals surface area contributed by atoms with Crippen LogP contribution in [0.2, 0.25) is 0 Å². The van der Waals surface area contributed by atoms with Crippen LogP contribution in [-0.2, 0) is 0 Å². The van der Waals surface area contributed by atoms with E-state index in [1.807, 2.05) is 44.5 Å². The molecule has 4 nitrogen and oxygen atoms in total. The predicted molar refractivity (Wildman–Crippen MR) is 59.6 cm³/mol. The van der Waals surface area contributed by atoms with Crippen molar-refractivity contribution in [3.63, 3.8) is 0 Å². The zero-order valence-electron chi connectivity index (χ0n) is 9.44. The molecule has 0 saturated heterocycles. The third kappa shape index (κ3) is 1.52. The normalized spacial score (nSPS) is 12.4. The van der Waals surface area contributed by atoms with Gasteiger partial charge in [0.2, 0.25) is 0 Å². The van der Waals surface area contributed by atoms with E-state index in [9.17, 15) is 0 Å². The van der Waals surface area contributed by atoms with Crippen molar-refractivity contribution in [3.05, 3.63) is 29.5 Å². The van der Waals surface area contributed by atoms with Gasteiger partial charge in [-0.25, -0.2) is 9.50 Å². The SMILES string of the molecule is C/C=C(\C)c1nc2c(C)ncc(C)n2n1. The van der Waals surface area contributed by atoms with Gasteiger partial charge in [0.25, 0.3) is 0 Å². The van der Waals surface area contributed by atoms with Crippen molar-refractivity contribution >= 4 is 11.2 Å². The molecule has 15 heavy (non-hydrogen) atoms. The molecule has 0 aromatic carbocycles. The number of hydrogen-bond acceptors (Lipinski definition) is 3. The topological polar surface area (TPSA) is 43.1 Å². The summed E-state index contributed by atoms with van der Waals surface area (Å²) in [5.74, 6) is 0.775. The number of aromatic nitrogens is 4. The highest BCUT2D eigenvalue weighted by Crippen LogP contribution is 2.13. The smallest absolute Gasteiger partial charge is 0.177 e. The number of fused-ring (bicyclic) bond motifs is 1. The highest BCUT2D eigenvalue weighted by molar-refractivity contribution is 5.59. The zero-order chi connectivity index (χ0) is 11.0. The molecular weight excluding hydrogens is 188 g/mol. The van der Waals surface area contributed by atoms with Gasteiger partial charge in [-0.05, 0) is 33.3 Å². The molecule has 0 N–H and O–H groups in total. The molecule has 0 spiro atoms. The Kier molecular flexibility index (Phi) is 2.26. The molecule has 0 radical (unpaired) electrons. The molecule has 0 aliphatic heterocycles. The van der Waals surface area contributed by atoms with Gasteiger partial charge in [0.15, 0.2) is 11.5 Å². The van der Waals surface area contributed by atoms with E-state index in [0.29, 0.717) is 0 Å². The van der Waals surface area contributed by atoms with Crippen LogP contribution < -0.4 is 0 Å². The Labute approximate surface area is 88.7 Å². The minimum Gasteiger partial charge on any atom is -0.256 e. The number of hydrogen-bond donors (Lipinski definition) is 0. The second kappa shape index (κ2) is 3.46. The summed E-state index contributed by atoms with van der Waals surface area (Å²) in [4.78, 5) is 8.73. The van der Waals surface area contributed by atoms with Crippen molar-refractivity contribution < 1.29 is 0 Å². The largest absolute Gasteiger partial charge is 0.256 e. The Bertz CT molecular complexity index is 498. The molecule has 2 heterocycles. The first-order valence-electron chi connectivity index (χ1n) is 4.95. The van der Waals surface area contributed by atoms with E-state index in [1.165, 1.54) is 0 Å². The van der Waals surface area contributed by atoms with Crippen LogP contribution in [0.1, 0.15) is 31.1 Å². The van der Waals surface area contributed by atoms with Gasteiger partial charge in [0.1, 0.15) is 0 Å². The standard InChI is InChI=1S/C11H14N4/c1-5-7(2)10-13-11-9(4)12-6-8(3)15(11)14-10/h5-6H,1-4H3/b7-5+. The van der Waals surface area contributed by atoms with Gasteiger partial charge in [-0.15, -0.1) is 5.10 Å². The van der Waals surface area contributed by atoms with Crippen molar-refractivity contribution in [1.29, 1.82) is 0 Å². The highest BCUT2D eigenvalue weighted by Gasteiger charge is 2.08. The zero-order valence-corrected chi connectivity index (χ0v) is 9.44. The summed E-state index contributed by atoms with van der Waals surface area (Å²) >= 11 is 0. The molecule has 78 valence electrons. The molecule has 0 unspecified atom stereocenters. The van der Waals surface area contributed by atoms with Crippen LogP contribution in [0.5, 0.6) is 0 Å². The molecular formula is C11H14N4. The maximum Gasteiger partial charge on any atom is 0.177 e. The summed E-state index contributed by atoms with van der Waals surface area (Å²) in [6.07, 6.45) is 3.82. The molecule has 0 atom stereocenters. The van der Waals surface area contributed by atoms with Gasteiger partial charge in [0.05, 0.1) is 11.4 Å². The predicted octanol–water partition coefficient (Wildman–Crippen LogP) is 2.16. The second-order valence-electron chi connectivity index (χ2n) is 3.63. The van der Waals surface area contributed by atoms with Gasteiger partial charge in [-0.2, -0.15) is 0 Å². The lowest BCUT2D eigenvalue weighted by Crippen LogP contribution is -1.97. The van der Waals surface area contributed by atoms with E-state index < -0.39 is 0 Å². The van der Waals surface area contributed by atoms with Crippen molar-refractivity contribution in [2.24, 2.45) is 0 Å². The molecule has 0 bridgehead atoms. The fourth-order valence-electron chi connectivity index (χ4n) is 1.39. The Morgan fingerprint density at radius 3 is 2.73 bits per heavy atom. The summed E-state index contributed by atoms with van der Waals surface area (Å²) in [7, 11) is 0. The van der Waals surface area contributed by atoms with Crippen LogP contribution in [-0.4, -0.2) is 19.6 Å². The number of aryl methyl sites for hydroxylation is 2. The molecule has 0 saturated carbocycles. The minimum atomic E-state index is 0.775. The fraction of sp³-hybridized carbons (Fsp3) is 0.364. The Morgan fingerprint density at radius 2 is 2.13 bits per heavy atom. The van der Waals surface area contributed by atoms with E-state index in [2.05, 4.69) is 15.1 Å². The summed E-state index contributed by atoms with van der Waals surface area (Å²) in [6, 6.07) is 0. The third-order valence-corrected chi connectivity index (χ3v) is 2.50. The van der Waals surface area contributed by atoms with E-state index in [-0.39, 0.29) is 0 Å². The van der Waals surface area contributed by atoms with Crippen LogP contribution in [0.15, 0.2) is 12.3 Å². The summed E-state index contributed by atoms with van der Waals surface area (Å²) in [6.45, 7) is 7.91. The lowest BCUT2D eigenvalue weighted by molar-refractivity contribution is 0.881. The van der Waals surface area contributed by atoms with Crippen LogP contribution in [0, 0.1) is 13.8 Å². The monoisotopic (exact) mass is 202 g/mol. The number of nitrogens with zero attached hydrogens (tertiary/aromatic N) is 4. The van der Waals surface area contributed by atoms with Crippen molar-refractivity contribution in [1.82, 2.24) is 19.6 Å². The van der Waals surface area contributed by atoms with Crippen molar-refractivity contribution in [2.45, 2.75) is 27.7 Å². The minimum absolute atomic E-state index is 0.775. The van der Waals surface area contributed by atoms with E-state index in [1.54, 1.807) is 0 Å². The van der Waals surface area contributed by atoms with Gasteiger partial charge in [-0.3, -0.25) is 4.98 Å². The van der Waals surface area contributed by atoms with Crippen LogP contribution >= 0.6 is 0 Å². The lowest BCUT2D eigenvalue weighted by Gasteiger charge is -1.97. The second-order valence-corrected chi connectivity index (χ2v) is 3.63. The maximum absolute atomic E-state index is 4.46. The first-order chi connectivity index (χ1) is 7.13. The molecule has 2 rings (SSSR count). The van der Waals surface area contributed by atoms with E-state index >= 15 is 0 Å².